The molecule has 24 heavy (non-hydrogen) atoms. The Labute approximate surface area is 143 Å². The number of aryl methyl sites for hydroxylation is 3. The van der Waals surface area contributed by atoms with Gasteiger partial charge in [-0.25, -0.2) is 0 Å². The summed E-state index contributed by atoms with van der Waals surface area (Å²) in [4.78, 5) is 15.0. The van der Waals surface area contributed by atoms with Crippen LogP contribution in [0.3, 0.4) is 0 Å². The van der Waals surface area contributed by atoms with Gasteiger partial charge in [-0.3, -0.25) is 4.79 Å². The molecule has 0 bridgehead atoms. The third-order valence-corrected chi connectivity index (χ3v) is 5.17. The van der Waals surface area contributed by atoms with Gasteiger partial charge in [-0.2, -0.15) is 0 Å². The minimum atomic E-state index is 0.199. The van der Waals surface area contributed by atoms with Gasteiger partial charge in [-0.1, -0.05) is 18.0 Å². The zero-order valence-electron chi connectivity index (χ0n) is 14.9. The fourth-order valence-electron chi connectivity index (χ4n) is 3.77. The van der Waals surface area contributed by atoms with Crippen LogP contribution in [0.5, 0.6) is 0 Å². The zero-order valence-corrected chi connectivity index (χ0v) is 14.9. The van der Waals surface area contributed by atoms with Gasteiger partial charge < -0.3 is 14.0 Å². The van der Waals surface area contributed by atoms with E-state index in [4.69, 9.17) is 4.52 Å². The molecule has 0 unspecified atom stereocenters. The molecule has 1 amide bonds. The molecule has 5 nitrogen and oxygen atoms in total. The average molecular weight is 329 g/mol. The van der Waals surface area contributed by atoms with Gasteiger partial charge in [-0.05, 0) is 45.2 Å². The van der Waals surface area contributed by atoms with Crippen LogP contribution in [0.4, 0.5) is 0 Å². The SMILES string of the molecule is Cc1noc(C)c1CCC(=O)N1CCCCC[C@H]1c1cccn1C. The molecular formula is C19H27N3O2. The first kappa shape index (κ1) is 16.8. The van der Waals surface area contributed by atoms with Gasteiger partial charge >= 0.3 is 0 Å². The first-order chi connectivity index (χ1) is 11.6. The second kappa shape index (κ2) is 7.24. The highest BCUT2D eigenvalue weighted by Crippen LogP contribution is 2.31. The van der Waals surface area contributed by atoms with E-state index in [-0.39, 0.29) is 11.9 Å². The molecule has 1 aliphatic heterocycles. The van der Waals surface area contributed by atoms with Gasteiger partial charge in [0.2, 0.25) is 5.91 Å². The van der Waals surface area contributed by atoms with Crippen LogP contribution in [0, 0.1) is 13.8 Å². The maximum absolute atomic E-state index is 13.0. The Morgan fingerprint density at radius 1 is 1.33 bits per heavy atom. The minimum absolute atomic E-state index is 0.199. The number of hydrogen-bond acceptors (Lipinski definition) is 3. The Balaban J connectivity index is 1.74. The molecule has 0 aliphatic carbocycles. The number of hydrogen-bond donors (Lipinski definition) is 0. The molecule has 3 rings (SSSR count). The van der Waals surface area contributed by atoms with Crippen LogP contribution < -0.4 is 0 Å². The molecular weight excluding hydrogens is 302 g/mol. The number of amides is 1. The molecule has 5 heteroatoms. The first-order valence-electron chi connectivity index (χ1n) is 8.90. The van der Waals surface area contributed by atoms with E-state index >= 15 is 0 Å². The molecule has 1 aliphatic rings. The summed E-state index contributed by atoms with van der Waals surface area (Å²) < 4.78 is 7.35. The summed E-state index contributed by atoms with van der Waals surface area (Å²) in [6, 6.07) is 4.40. The van der Waals surface area contributed by atoms with Crippen LogP contribution in [-0.4, -0.2) is 27.1 Å². The Morgan fingerprint density at radius 3 is 2.83 bits per heavy atom. The van der Waals surface area contributed by atoms with Crippen LogP contribution in [0.1, 0.15) is 60.9 Å². The van der Waals surface area contributed by atoms with E-state index in [1.165, 1.54) is 18.5 Å². The summed E-state index contributed by atoms with van der Waals surface area (Å²) in [5.74, 6) is 1.07. The lowest BCUT2D eigenvalue weighted by Gasteiger charge is -2.30. The normalized spacial score (nSPS) is 18.6. The van der Waals surface area contributed by atoms with Crippen molar-refractivity contribution < 1.29 is 9.32 Å². The highest BCUT2D eigenvalue weighted by molar-refractivity contribution is 5.77. The molecule has 0 N–H and O–H groups in total. The quantitative estimate of drug-likeness (QED) is 0.859. The van der Waals surface area contributed by atoms with Crippen molar-refractivity contribution in [3.05, 3.63) is 41.0 Å². The third-order valence-electron chi connectivity index (χ3n) is 5.17. The molecule has 0 radical (unpaired) electrons. The number of nitrogens with zero attached hydrogens (tertiary/aromatic N) is 3. The Bertz CT molecular complexity index is 682. The van der Waals surface area contributed by atoms with Crippen molar-refractivity contribution in [1.29, 1.82) is 0 Å². The van der Waals surface area contributed by atoms with Crippen molar-refractivity contribution >= 4 is 5.91 Å². The fourth-order valence-corrected chi connectivity index (χ4v) is 3.77. The summed E-state index contributed by atoms with van der Waals surface area (Å²) in [7, 11) is 2.06. The summed E-state index contributed by atoms with van der Waals surface area (Å²) in [5, 5.41) is 3.99. The van der Waals surface area contributed by atoms with E-state index in [0.717, 1.165) is 36.4 Å². The van der Waals surface area contributed by atoms with Crippen molar-refractivity contribution in [2.45, 2.75) is 58.4 Å². The zero-order chi connectivity index (χ0) is 17.1. The molecule has 130 valence electrons. The Kier molecular flexibility index (Phi) is 5.07. The maximum Gasteiger partial charge on any atom is 0.223 e. The molecule has 2 aromatic rings. The van der Waals surface area contributed by atoms with Crippen molar-refractivity contribution in [3.63, 3.8) is 0 Å². The van der Waals surface area contributed by atoms with Crippen LogP contribution in [0.25, 0.3) is 0 Å². The largest absolute Gasteiger partial charge is 0.361 e. The molecule has 2 aromatic heterocycles. The van der Waals surface area contributed by atoms with Gasteiger partial charge in [-0.15, -0.1) is 0 Å². The lowest BCUT2D eigenvalue weighted by atomic mass is 10.0. The number of likely N-dealkylation sites (tertiary alicyclic amines) is 1. The van der Waals surface area contributed by atoms with Gasteiger partial charge in [0.25, 0.3) is 0 Å². The lowest BCUT2D eigenvalue weighted by Crippen LogP contribution is -2.35. The molecule has 1 fully saturated rings. The van der Waals surface area contributed by atoms with E-state index in [0.29, 0.717) is 12.8 Å². The topological polar surface area (TPSA) is 51.3 Å². The van der Waals surface area contributed by atoms with E-state index < -0.39 is 0 Å². The monoisotopic (exact) mass is 329 g/mol. The molecule has 0 saturated carbocycles. The molecule has 1 saturated heterocycles. The summed E-state index contributed by atoms with van der Waals surface area (Å²) in [5.41, 5.74) is 3.21. The molecule has 3 heterocycles. The number of aromatic nitrogens is 2. The molecule has 0 aromatic carbocycles. The maximum atomic E-state index is 13.0. The summed E-state index contributed by atoms with van der Waals surface area (Å²) in [6.45, 7) is 4.71. The van der Waals surface area contributed by atoms with Gasteiger partial charge in [0, 0.05) is 37.5 Å². The Hall–Kier alpha value is -2.04. The van der Waals surface area contributed by atoms with Crippen LogP contribution >= 0.6 is 0 Å². The van der Waals surface area contributed by atoms with Gasteiger partial charge in [0.15, 0.2) is 0 Å². The summed E-state index contributed by atoms with van der Waals surface area (Å²) >= 11 is 0. The van der Waals surface area contributed by atoms with Crippen molar-refractivity contribution in [1.82, 2.24) is 14.6 Å². The number of carbonyl (C=O) groups excluding carboxylic acids is 1. The van der Waals surface area contributed by atoms with E-state index in [1.54, 1.807) is 0 Å². The average Bonchev–Trinajstić information content (AvgIpc) is 3.02. The second-order valence-corrected chi connectivity index (χ2v) is 6.80. The standard InChI is InChI=1S/C19H27N3O2/c1-14-16(15(2)24-20-14)10-11-19(23)22-13-6-4-5-8-18(22)17-9-7-12-21(17)3/h7,9,12,18H,4-6,8,10-11,13H2,1-3H3/t18-/m0/s1. The third kappa shape index (κ3) is 3.40. The predicted octanol–water partition coefficient (Wildman–Crippen LogP) is 3.71. The predicted molar refractivity (Wildman–Crippen MR) is 92.6 cm³/mol. The van der Waals surface area contributed by atoms with Crippen molar-refractivity contribution in [2.75, 3.05) is 6.54 Å². The van der Waals surface area contributed by atoms with Crippen LogP contribution in [-0.2, 0) is 18.3 Å². The van der Waals surface area contributed by atoms with E-state index in [2.05, 4.69) is 40.0 Å². The fraction of sp³-hybridized carbons (Fsp3) is 0.579. The van der Waals surface area contributed by atoms with Gasteiger partial charge in [0.05, 0.1) is 11.7 Å². The van der Waals surface area contributed by atoms with Crippen LogP contribution in [0.2, 0.25) is 0 Å². The van der Waals surface area contributed by atoms with Gasteiger partial charge in [0.1, 0.15) is 5.76 Å². The highest BCUT2D eigenvalue weighted by Gasteiger charge is 2.28. The number of rotatable bonds is 4. The van der Waals surface area contributed by atoms with E-state index in [1.807, 2.05) is 13.8 Å². The van der Waals surface area contributed by atoms with Crippen molar-refractivity contribution in [2.24, 2.45) is 7.05 Å². The summed E-state index contributed by atoms with van der Waals surface area (Å²) in [6.07, 6.45) is 7.82. The molecule has 0 spiro atoms. The Morgan fingerprint density at radius 2 is 2.17 bits per heavy atom. The minimum Gasteiger partial charge on any atom is -0.361 e. The highest BCUT2D eigenvalue weighted by atomic mass is 16.5. The lowest BCUT2D eigenvalue weighted by molar-refractivity contribution is -0.133. The van der Waals surface area contributed by atoms with Crippen LogP contribution in [0.15, 0.2) is 22.9 Å². The van der Waals surface area contributed by atoms with E-state index in [9.17, 15) is 4.79 Å². The first-order valence-corrected chi connectivity index (χ1v) is 8.90. The molecule has 1 atom stereocenters. The number of carbonyl (C=O) groups is 1. The van der Waals surface area contributed by atoms with Crippen molar-refractivity contribution in [3.8, 4) is 0 Å². The smallest absolute Gasteiger partial charge is 0.223 e. The second-order valence-electron chi connectivity index (χ2n) is 6.80.